The Balaban J connectivity index is 2.33. The van der Waals surface area contributed by atoms with Gasteiger partial charge in [-0.05, 0) is 18.2 Å². The lowest BCUT2D eigenvalue weighted by Crippen LogP contribution is -2.08. The van der Waals surface area contributed by atoms with Crippen LogP contribution in [0.5, 0.6) is 0 Å². The van der Waals surface area contributed by atoms with Gasteiger partial charge in [0.1, 0.15) is 11.6 Å². The van der Waals surface area contributed by atoms with Gasteiger partial charge in [-0.2, -0.15) is 13.2 Å². The number of imidazole rings is 1. The van der Waals surface area contributed by atoms with Crippen molar-refractivity contribution in [2.45, 2.75) is 6.18 Å². The summed E-state index contributed by atoms with van der Waals surface area (Å²) in [6.45, 7) is 0. The first kappa shape index (κ1) is 12.5. The molecule has 3 nitrogen and oxygen atoms in total. The molecule has 0 fully saturated rings. The highest BCUT2D eigenvalue weighted by molar-refractivity contribution is 5.68. The van der Waals surface area contributed by atoms with E-state index in [1.807, 2.05) is 0 Å². The SMILES string of the molecule is Nc1cccc2cnc(-c3ccccc3C(F)(F)F)n12. The van der Waals surface area contributed by atoms with E-state index in [1.165, 1.54) is 22.7 Å². The third kappa shape index (κ3) is 1.89. The van der Waals surface area contributed by atoms with E-state index in [1.54, 1.807) is 24.3 Å². The molecule has 0 spiro atoms. The molecule has 0 radical (unpaired) electrons. The number of fused-ring (bicyclic) bond motifs is 1. The molecule has 0 atom stereocenters. The van der Waals surface area contributed by atoms with Gasteiger partial charge in [-0.25, -0.2) is 4.98 Å². The normalized spacial score (nSPS) is 11.9. The van der Waals surface area contributed by atoms with Crippen LogP contribution in [0.3, 0.4) is 0 Å². The number of benzene rings is 1. The summed E-state index contributed by atoms with van der Waals surface area (Å²) in [5.41, 5.74) is 5.78. The number of aromatic nitrogens is 2. The van der Waals surface area contributed by atoms with Gasteiger partial charge in [-0.3, -0.25) is 4.40 Å². The zero-order chi connectivity index (χ0) is 14.3. The van der Waals surface area contributed by atoms with Crippen LogP contribution >= 0.6 is 0 Å². The van der Waals surface area contributed by atoms with Gasteiger partial charge >= 0.3 is 6.18 Å². The average Bonchev–Trinajstić information content (AvgIpc) is 2.83. The topological polar surface area (TPSA) is 43.3 Å². The Morgan fingerprint density at radius 3 is 2.50 bits per heavy atom. The second-order valence-electron chi connectivity index (χ2n) is 4.34. The number of hydrogen-bond donors (Lipinski definition) is 1. The zero-order valence-electron chi connectivity index (χ0n) is 10.2. The Hall–Kier alpha value is -2.50. The van der Waals surface area contributed by atoms with Crippen LogP contribution in [0.2, 0.25) is 0 Å². The molecule has 2 heterocycles. The van der Waals surface area contributed by atoms with Crippen LogP contribution in [0.1, 0.15) is 5.56 Å². The van der Waals surface area contributed by atoms with Gasteiger partial charge in [-0.15, -0.1) is 0 Å². The number of nitrogens with zero attached hydrogens (tertiary/aromatic N) is 2. The van der Waals surface area contributed by atoms with Gasteiger partial charge in [0.2, 0.25) is 0 Å². The van der Waals surface area contributed by atoms with Crippen LogP contribution in [0, 0.1) is 0 Å². The summed E-state index contributed by atoms with van der Waals surface area (Å²) >= 11 is 0. The van der Waals surface area contributed by atoms with Gasteiger partial charge in [0.05, 0.1) is 17.3 Å². The van der Waals surface area contributed by atoms with Gasteiger partial charge in [0, 0.05) is 5.56 Å². The van der Waals surface area contributed by atoms with E-state index < -0.39 is 11.7 Å². The molecule has 102 valence electrons. The number of alkyl halides is 3. The van der Waals surface area contributed by atoms with Gasteiger partial charge in [-0.1, -0.05) is 24.3 Å². The fourth-order valence-corrected chi connectivity index (χ4v) is 2.19. The number of rotatable bonds is 1. The van der Waals surface area contributed by atoms with E-state index in [0.29, 0.717) is 11.3 Å². The van der Waals surface area contributed by atoms with Crippen molar-refractivity contribution in [3.05, 3.63) is 54.2 Å². The highest BCUT2D eigenvalue weighted by Crippen LogP contribution is 2.36. The van der Waals surface area contributed by atoms with Crippen LogP contribution in [0.15, 0.2) is 48.7 Å². The van der Waals surface area contributed by atoms with E-state index in [2.05, 4.69) is 4.98 Å². The Morgan fingerprint density at radius 1 is 1.00 bits per heavy atom. The molecule has 0 amide bonds. The molecule has 0 aliphatic heterocycles. The van der Waals surface area contributed by atoms with Crippen LogP contribution in [0.25, 0.3) is 16.9 Å². The van der Waals surface area contributed by atoms with Crippen molar-refractivity contribution in [3.8, 4) is 11.4 Å². The number of nitrogens with two attached hydrogens (primary N) is 1. The van der Waals surface area contributed by atoms with Crippen molar-refractivity contribution >= 4 is 11.3 Å². The van der Waals surface area contributed by atoms with E-state index in [0.717, 1.165) is 6.07 Å². The van der Waals surface area contributed by atoms with Gasteiger partial charge in [0.25, 0.3) is 0 Å². The Morgan fingerprint density at radius 2 is 1.75 bits per heavy atom. The first-order chi connectivity index (χ1) is 9.48. The van der Waals surface area contributed by atoms with Crippen molar-refractivity contribution < 1.29 is 13.2 Å². The molecule has 3 rings (SSSR count). The highest BCUT2D eigenvalue weighted by atomic mass is 19.4. The molecule has 0 saturated heterocycles. The van der Waals surface area contributed by atoms with Crippen molar-refractivity contribution in [1.29, 1.82) is 0 Å². The second-order valence-corrected chi connectivity index (χ2v) is 4.34. The molecular formula is C14H10F3N3. The minimum atomic E-state index is -4.44. The van der Waals surface area contributed by atoms with Crippen molar-refractivity contribution in [2.24, 2.45) is 0 Å². The number of pyridine rings is 1. The molecule has 3 aromatic rings. The number of halogens is 3. The quantitative estimate of drug-likeness (QED) is 0.738. The molecule has 2 aromatic heterocycles. The standard InChI is InChI=1S/C14H10F3N3/c15-14(16,17)11-6-2-1-5-10(11)13-19-8-9-4-3-7-12(18)20(9)13/h1-8H,18H2. The highest BCUT2D eigenvalue weighted by Gasteiger charge is 2.34. The Kier molecular flexibility index (Phi) is 2.67. The lowest BCUT2D eigenvalue weighted by molar-refractivity contribution is -0.137. The molecule has 0 unspecified atom stereocenters. The smallest absolute Gasteiger partial charge is 0.385 e. The number of hydrogen-bond acceptors (Lipinski definition) is 2. The van der Waals surface area contributed by atoms with Crippen molar-refractivity contribution in [3.63, 3.8) is 0 Å². The van der Waals surface area contributed by atoms with E-state index in [4.69, 9.17) is 5.73 Å². The summed E-state index contributed by atoms with van der Waals surface area (Å²) in [4.78, 5) is 4.08. The minimum absolute atomic E-state index is 0.0119. The zero-order valence-corrected chi connectivity index (χ0v) is 10.2. The van der Waals surface area contributed by atoms with Crippen LogP contribution < -0.4 is 5.73 Å². The molecule has 0 bridgehead atoms. The predicted molar refractivity (Wildman–Crippen MR) is 70.0 cm³/mol. The number of nitrogen functional groups attached to an aromatic ring is 1. The largest absolute Gasteiger partial charge is 0.417 e. The Labute approximate surface area is 112 Å². The van der Waals surface area contributed by atoms with Crippen LogP contribution in [-0.4, -0.2) is 9.38 Å². The van der Waals surface area contributed by atoms with E-state index in [-0.39, 0.29) is 11.4 Å². The first-order valence-electron chi connectivity index (χ1n) is 5.87. The summed E-state index contributed by atoms with van der Waals surface area (Å²) in [6, 6.07) is 10.4. The molecular weight excluding hydrogens is 267 g/mol. The van der Waals surface area contributed by atoms with E-state index >= 15 is 0 Å². The molecule has 20 heavy (non-hydrogen) atoms. The summed E-state index contributed by atoms with van der Waals surface area (Å²) in [6.07, 6.45) is -2.94. The van der Waals surface area contributed by atoms with Gasteiger partial charge < -0.3 is 5.73 Å². The fourth-order valence-electron chi connectivity index (χ4n) is 2.19. The number of anilines is 1. The van der Waals surface area contributed by atoms with E-state index in [9.17, 15) is 13.2 Å². The van der Waals surface area contributed by atoms with Crippen molar-refractivity contribution in [1.82, 2.24) is 9.38 Å². The molecule has 6 heteroatoms. The molecule has 0 saturated carbocycles. The van der Waals surface area contributed by atoms with Crippen LogP contribution in [0.4, 0.5) is 19.0 Å². The lowest BCUT2D eigenvalue weighted by Gasteiger charge is -2.12. The minimum Gasteiger partial charge on any atom is -0.385 e. The Bertz CT molecular complexity index is 775. The van der Waals surface area contributed by atoms with Crippen molar-refractivity contribution in [2.75, 3.05) is 5.73 Å². The van der Waals surface area contributed by atoms with Crippen LogP contribution in [-0.2, 0) is 6.18 Å². The average molecular weight is 277 g/mol. The third-order valence-corrected chi connectivity index (χ3v) is 3.05. The van der Waals surface area contributed by atoms with Gasteiger partial charge in [0.15, 0.2) is 0 Å². The molecule has 0 aliphatic carbocycles. The summed E-state index contributed by atoms with van der Waals surface area (Å²) < 4.78 is 40.7. The maximum atomic E-state index is 13.1. The summed E-state index contributed by atoms with van der Waals surface area (Å²) in [7, 11) is 0. The maximum Gasteiger partial charge on any atom is 0.417 e. The first-order valence-corrected chi connectivity index (χ1v) is 5.87. The molecule has 2 N–H and O–H groups in total. The summed E-state index contributed by atoms with van der Waals surface area (Å²) in [5.74, 6) is 0.526. The molecule has 1 aromatic carbocycles. The monoisotopic (exact) mass is 277 g/mol. The summed E-state index contributed by atoms with van der Waals surface area (Å²) in [5, 5.41) is 0. The molecule has 0 aliphatic rings. The lowest BCUT2D eigenvalue weighted by atomic mass is 10.1. The maximum absolute atomic E-state index is 13.1. The second kappa shape index (κ2) is 4.26. The third-order valence-electron chi connectivity index (χ3n) is 3.05. The fraction of sp³-hybridized carbons (Fsp3) is 0.0714. The predicted octanol–water partition coefficient (Wildman–Crippen LogP) is 3.60.